The van der Waals surface area contributed by atoms with E-state index in [2.05, 4.69) is 52.5 Å². The second-order valence-corrected chi connectivity index (χ2v) is 10.0. The summed E-state index contributed by atoms with van der Waals surface area (Å²) in [5.74, 6) is 7.27. The average molecular weight is 536 g/mol. The monoisotopic (exact) mass is 535 g/mol. The molecule has 0 bridgehead atoms. The summed E-state index contributed by atoms with van der Waals surface area (Å²) in [5.41, 5.74) is 5.10. The minimum atomic E-state index is -0.232. The van der Waals surface area contributed by atoms with Gasteiger partial charge in [-0.15, -0.1) is 22.4 Å². The Bertz CT molecular complexity index is 1710. The molecule has 194 valence electrons. The summed E-state index contributed by atoms with van der Waals surface area (Å²) in [6, 6.07) is 21.6. The lowest BCUT2D eigenvalue weighted by Gasteiger charge is -2.13. The number of hydrogen-bond donors (Lipinski definition) is 0. The third-order valence-electron chi connectivity index (χ3n) is 6.56. The van der Waals surface area contributed by atoms with Crippen molar-refractivity contribution in [2.75, 3.05) is 0 Å². The van der Waals surface area contributed by atoms with Gasteiger partial charge in [-0.2, -0.15) is 5.26 Å². The molecule has 0 unspecified atom stereocenters. The lowest BCUT2D eigenvalue weighted by molar-refractivity contribution is 0.305. The van der Waals surface area contributed by atoms with Crippen molar-refractivity contribution >= 4 is 21.4 Å². The van der Waals surface area contributed by atoms with Gasteiger partial charge in [-0.25, -0.2) is 9.07 Å². The van der Waals surface area contributed by atoms with Crippen LogP contribution in [0.4, 0.5) is 4.39 Å². The SMILES string of the molecule is CC#C[C@@H](Cc1nnnn1CCC#N)c1ccc(OCc2cc(F)c3scc(-c4ccccc4C)c3c2)cc1. The summed E-state index contributed by atoms with van der Waals surface area (Å²) in [5, 5.41) is 23.7. The van der Waals surface area contributed by atoms with Crippen LogP contribution in [0.2, 0.25) is 0 Å². The predicted octanol–water partition coefficient (Wildman–Crippen LogP) is 6.84. The van der Waals surface area contributed by atoms with Gasteiger partial charge in [0, 0.05) is 17.4 Å². The first-order chi connectivity index (χ1) is 19.1. The van der Waals surface area contributed by atoms with Gasteiger partial charge in [-0.3, -0.25) is 0 Å². The molecule has 2 aromatic heterocycles. The molecular weight excluding hydrogens is 509 g/mol. The Labute approximate surface area is 230 Å². The summed E-state index contributed by atoms with van der Waals surface area (Å²) >= 11 is 1.43. The Hall–Kier alpha value is -4.53. The Morgan fingerprint density at radius 2 is 1.92 bits per heavy atom. The first kappa shape index (κ1) is 26.1. The molecule has 8 heteroatoms. The fraction of sp³-hybridized carbons (Fsp3) is 0.226. The molecule has 0 aliphatic heterocycles. The lowest BCUT2D eigenvalue weighted by atomic mass is 9.95. The summed E-state index contributed by atoms with van der Waals surface area (Å²) < 4.78 is 23.3. The first-order valence-electron chi connectivity index (χ1n) is 12.6. The molecule has 1 atom stereocenters. The molecule has 0 N–H and O–H groups in total. The van der Waals surface area contributed by atoms with Crippen LogP contribution in [0.25, 0.3) is 21.2 Å². The van der Waals surface area contributed by atoms with Crippen LogP contribution in [0.15, 0.2) is 66.0 Å². The lowest BCUT2D eigenvalue weighted by Crippen LogP contribution is -2.10. The standard InChI is InChI=1S/C31H26FN5OS/c1-3-7-24(18-30-34-35-36-37(30)15-6-14-33)23-10-12-25(13-11-23)38-19-22-16-27-28(20-39-31(27)29(32)17-22)26-9-5-4-8-21(26)2/h4-5,8-13,16-17,20,24H,6,15,18-19H2,1-2H3/t24-/m0/s1. The second-order valence-electron chi connectivity index (χ2n) is 9.15. The fourth-order valence-electron chi connectivity index (χ4n) is 4.59. The van der Waals surface area contributed by atoms with Gasteiger partial charge >= 0.3 is 0 Å². The highest BCUT2D eigenvalue weighted by atomic mass is 32.1. The molecule has 0 fully saturated rings. The normalized spacial score (nSPS) is 11.5. The van der Waals surface area contributed by atoms with E-state index >= 15 is 0 Å². The van der Waals surface area contributed by atoms with Crippen LogP contribution >= 0.6 is 11.3 Å². The smallest absolute Gasteiger partial charge is 0.152 e. The van der Waals surface area contributed by atoms with Crippen LogP contribution in [-0.4, -0.2) is 20.2 Å². The molecule has 3 aromatic carbocycles. The second kappa shape index (κ2) is 11.9. The summed E-state index contributed by atoms with van der Waals surface area (Å²) in [4.78, 5) is 0. The maximum absolute atomic E-state index is 15.0. The summed E-state index contributed by atoms with van der Waals surface area (Å²) in [6.07, 6.45) is 0.868. The molecule has 2 heterocycles. The zero-order valence-electron chi connectivity index (χ0n) is 21.7. The Morgan fingerprint density at radius 1 is 1.10 bits per heavy atom. The molecule has 39 heavy (non-hydrogen) atoms. The number of fused-ring (bicyclic) bond motifs is 1. The van der Waals surface area contributed by atoms with Gasteiger partial charge in [-0.1, -0.05) is 42.3 Å². The number of halogens is 1. The third kappa shape index (κ3) is 5.82. The zero-order valence-corrected chi connectivity index (χ0v) is 22.5. The van der Waals surface area contributed by atoms with E-state index < -0.39 is 0 Å². The molecule has 0 amide bonds. The molecule has 0 radical (unpaired) electrons. The van der Waals surface area contributed by atoms with Crippen molar-refractivity contribution in [3.8, 4) is 34.8 Å². The maximum Gasteiger partial charge on any atom is 0.152 e. The molecule has 0 saturated carbocycles. The van der Waals surface area contributed by atoms with Crippen molar-refractivity contribution < 1.29 is 9.13 Å². The van der Waals surface area contributed by atoms with Crippen LogP contribution in [0.3, 0.4) is 0 Å². The van der Waals surface area contributed by atoms with E-state index in [1.165, 1.54) is 11.3 Å². The number of hydrogen-bond acceptors (Lipinski definition) is 6. The van der Waals surface area contributed by atoms with Crippen LogP contribution < -0.4 is 4.74 Å². The number of benzene rings is 3. The summed E-state index contributed by atoms with van der Waals surface area (Å²) in [6.45, 7) is 4.57. The van der Waals surface area contributed by atoms with Crippen LogP contribution in [-0.2, 0) is 19.6 Å². The molecule has 5 rings (SSSR count). The van der Waals surface area contributed by atoms with Crippen LogP contribution in [0, 0.1) is 35.9 Å². The Balaban J connectivity index is 1.31. The van der Waals surface area contributed by atoms with Gasteiger partial charge < -0.3 is 4.74 Å². The highest BCUT2D eigenvalue weighted by molar-refractivity contribution is 7.17. The Kier molecular flexibility index (Phi) is 7.96. The molecule has 0 aliphatic carbocycles. The fourth-order valence-corrected chi connectivity index (χ4v) is 5.55. The molecule has 6 nitrogen and oxygen atoms in total. The number of tetrazole rings is 1. The number of aromatic nitrogens is 4. The highest BCUT2D eigenvalue weighted by Crippen LogP contribution is 2.37. The van der Waals surface area contributed by atoms with Crippen molar-refractivity contribution in [2.45, 2.75) is 45.8 Å². The Morgan fingerprint density at radius 3 is 2.69 bits per heavy atom. The topological polar surface area (TPSA) is 76.6 Å². The van der Waals surface area contributed by atoms with Crippen molar-refractivity contribution in [1.29, 1.82) is 5.26 Å². The average Bonchev–Trinajstić information content (AvgIpc) is 3.58. The van der Waals surface area contributed by atoms with Gasteiger partial charge in [0.25, 0.3) is 0 Å². The predicted molar refractivity (Wildman–Crippen MR) is 151 cm³/mol. The molecule has 0 aliphatic rings. The van der Waals surface area contributed by atoms with Crippen LogP contribution in [0.1, 0.15) is 41.8 Å². The van der Waals surface area contributed by atoms with E-state index in [9.17, 15) is 4.39 Å². The minimum absolute atomic E-state index is 0.106. The number of aryl methyl sites for hydroxylation is 2. The largest absolute Gasteiger partial charge is 0.489 e. The van der Waals surface area contributed by atoms with Crippen LogP contribution in [0.5, 0.6) is 5.75 Å². The number of rotatable bonds is 9. The van der Waals surface area contributed by atoms with E-state index in [1.54, 1.807) is 17.7 Å². The van der Waals surface area contributed by atoms with E-state index in [4.69, 9.17) is 10.00 Å². The molecule has 0 spiro atoms. The minimum Gasteiger partial charge on any atom is -0.489 e. The van der Waals surface area contributed by atoms with E-state index in [0.29, 0.717) is 35.7 Å². The van der Waals surface area contributed by atoms with Gasteiger partial charge in [0.1, 0.15) is 18.2 Å². The van der Waals surface area contributed by atoms with Crippen molar-refractivity contribution in [3.05, 3.63) is 94.4 Å². The van der Waals surface area contributed by atoms with Gasteiger partial charge in [0.05, 0.1) is 29.7 Å². The van der Waals surface area contributed by atoms with E-state index in [1.807, 2.05) is 47.8 Å². The quantitative estimate of drug-likeness (QED) is 0.193. The number of thiophene rings is 1. The van der Waals surface area contributed by atoms with E-state index in [0.717, 1.165) is 33.2 Å². The third-order valence-corrected chi connectivity index (χ3v) is 7.56. The highest BCUT2D eigenvalue weighted by Gasteiger charge is 2.16. The maximum atomic E-state index is 15.0. The number of ether oxygens (including phenoxy) is 1. The molecule has 5 aromatic rings. The van der Waals surface area contributed by atoms with Gasteiger partial charge in [0.2, 0.25) is 0 Å². The van der Waals surface area contributed by atoms with Crippen molar-refractivity contribution in [1.82, 2.24) is 20.2 Å². The molecule has 0 saturated heterocycles. The summed E-state index contributed by atoms with van der Waals surface area (Å²) in [7, 11) is 0. The first-order valence-corrected chi connectivity index (χ1v) is 13.5. The number of nitriles is 1. The van der Waals surface area contributed by atoms with Crippen molar-refractivity contribution in [3.63, 3.8) is 0 Å². The van der Waals surface area contributed by atoms with Crippen molar-refractivity contribution in [2.24, 2.45) is 0 Å². The molecular formula is C31H26FN5OS. The zero-order chi connectivity index (χ0) is 27.2. The van der Waals surface area contributed by atoms with E-state index in [-0.39, 0.29) is 18.3 Å². The van der Waals surface area contributed by atoms with Gasteiger partial charge in [0.15, 0.2) is 5.82 Å². The number of nitrogens with zero attached hydrogens (tertiary/aromatic N) is 5. The van der Waals surface area contributed by atoms with Gasteiger partial charge in [-0.05, 0) is 76.2 Å².